The number of aliphatic hydroxyl groups is 1. The summed E-state index contributed by atoms with van der Waals surface area (Å²) < 4.78 is 28.5. The minimum absolute atomic E-state index is 0.0584. The zero-order valence-corrected chi connectivity index (χ0v) is 21.8. The van der Waals surface area contributed by atoms with E-state index in [0.29, 0.717) is 0 Å². The number of nitrogens with zero attached hydrogens (tertiary/aromatic N) is 2. The Morgan fingerprint density at radius 2 is 1.92 bits per heavy atom. The number of hydrogen-bond donors (Lipinski definition) is 4. The van der Waals surface area contributed by atoms with E-state index in [9.17, 15) is 23.4 Å². The van der Waals surface area contributed by atoms with Gasteiger partial charge in [0.2, 0.25) is 0 Å². The maximum Gasteiger partial charge on any atom is 0.404 e. The molecule has 1 aliphatic heterocycles. The van der Waals surface area contributed by atoms with Gasteiger partial charge < -0.3 is 15.5 Å². The van der Waals surface area contributed by atoms with E-state index in [1.54, 1.807) is 12.1 Å². The quantitative estimate of drug-likeness (QED) is 0.324. The second-order valence-corrected chi connectivity index (χ2v) is 11.6. The highest BCUT2D eigenvalue weighted by atomic mass is 32.2. The van der Waals surface area contributed by atoms with E-state index < -0.39 is 34.8 Å². The van der Waals surface area contributed by atoms with Gasteiger partial charge in [-0.3, -0.25) is 15.1 Å². The highest BCUT2D eigenvalue weighted by Gasteiger charge is 2.35. The molecule has 1 saturated heterocycles. The van der Waals surface area contributed by atoms with Gasteiger partial charge in [0.1, 0.15) is 0 Å². The van der Waals surface area contributed by atoms with E-state index in [1.165, 1.54) is 6.07 Å². The third-order valence-corrected chi connectivity index (χ3v) is 8.58. The molecule has 10 nitrogen and oxygen atoms in total. The lowest BCUT2D eigenvalue weighted by Gasteiger charge is -2.30. The molecule has 202 valence electrons. The molecule has 2 fully saturated rings. The number of nitrogens with one attached hydrogen (secondary N) is 2. The summed E-state index contributed by atoms with van der Waals surface area (Å²) in [6, 6.07) is 14.9. The Balaban J connectivity index is 1.59. The maximum atomic E-state index is 13.8. The predicted octanol–water partition coefficient (Wildman–Crippen LogP) is 2.32. The number of hydrogen-bond acceptors (Lipinski definition) is 7. The van der Waals surface area contributed by atoms with Crippen LogP contribution in [0.4, 0.5) is 4.79 Å². The van der Waals surface area contributed by atoms with Crippen molar-refractivity contribution in [2.24, 2.45) is 0 Å². The van der Waals surface area contributed by atoms with Crippen molar-refractivity contribution in [2.45, 2.75) is 61.4 Å². The highest BCUT2D eigenvalue weighted by Crippen LogP contribution is 2.28. The minimum Gasteiger partial charge on any atom is -0.465 e. The van der Waals surface area contributed by atoms with Gasteiger partial charge in [-0.25, -0.2) is 13.2 Å². The van der Waals surface area contributed by atoms with Crippen molar-refractivity contribution in [1.82, 2.24) is 20.0 Å². The van der Waals surface area contributed by atoms with Gasteiger partial charge in [-0.15, -0.1) is 0 Å². The number of amides is 1. The van der Waals surface area contributed by atoms with Crippen molar-refractivity contribution in [3.8, 4) is 0 Å². The summed E-state index contributed by atoms with van der Waals surface area (Å²) in [6.45, 7) is 1.24. The Kier molecular flexibility index (Phi) is 9.17. The molecule has 2 aliphatic rings. The maximum absolute atomic E-state index is 13.8. The fourth-order valence-corrected chi connectivity index (χ4v) is 6.30. The van der Waals surface area contributed by atoms with Crippen LogP contribution in [0.15, 0.2) is 59.5 Å². The Morgan fingerprint density at radius 3 is 2.57 bits per heavy atom. The van der Waals surface area contributed by atoms with Crippen LogP contribution in [0.2, 0.25) is 0 Å². The number of sulfonamides is 1. The van der Waals surface area contributed by atoms with Crippen molar-refractivity contribution < 1.29 is 28.3 Å². The van der Waals surface area contributed by atoms with Crippen LogP contribution in [0.5, 0.6) is 0 Å². The van der Waals surface area contributed by atoms with Crippen LogP contribution in [-0.4, -0.2) is 79.0 Å². The molecule has 3 atom stereocenters. The van der Waals surface area contributed by atoms with Gasteiger partial charge in [0.15, 0.2) is 0 Å². The predicted molar refractivity (Wildman–Crippen MR) is 138 cm³/mol. The second kappa shape index (κ2) is 12.3. The summed E-state index contributed by atoms with van der Waals surface area (Å²) in [4.78, 5) is 19.6. The summed E-state index contributed by atoms with van der Waals surface area (Å²) in [6.07, 6.45) is 0.486. The smallest absolute Gasteiger partial charge is 0.404 e. The molecule has 0 bridgehead atoms. The summed E-state index contributed by atoms with van der Waals surface area (Å²) in [7, 11) is -2.19. The van der Waals surface area contributed by atoms with E-state index in [-0.39, 0.29) is 23.6 Å². The Hall–Kier alpha value is -2.54. The minimum atomic E-state index is -4.16. The lowest BCUT2D eigenvalue weighted by atomic mass is 10.0. The zero-order chi connectivity index (χ0) is 26.4. The van der Waals surface area contributed by atoms with E-state index in [0.717, 1.165) is 54.4 Å². The van der Waals surface area contributed by atoms with Gasteiger partial charge in [-0.05, 0) is 49.6 Å². The Bertz CT molecular complexity index is 1140. The Labute approximate surface area is 218 Å². The average molecular weight is 533 g/mol. The normalized spacial score (nSPS) is 20.8. The number of benzene rings is 2. The van der Waals surface area contributed by atoms with E-state index >= 15 is 0 Å². The van der Waals surface area contributed by atoms with E-state index in [1.807, 2.05) is 43.4 Å². The number of rotatable bonds is 11. The molecule has 1 saturated carbocycles. The molecule has 4 N–H and O–H groups in total. The van der Waals surface area contributed by atoms with Crippen LogP contribution in [0.3, 0.4) is 0 Å². The largest absolute Gasteiger partial charge is 0.465 e. The molecule has 37 heavy (non-hydrogen) atoms. The fourth-order valence-electron chi connectivity index (χ4n) is 4.95. The van der Waals surface area contributed by atoms with E-state index in [2.05, 4.69) is 15.5 Å². The van der Waals surface area contributed by atoms with Crippen molar-refractivity contribution in [3.05, 3.63) is 65.7 Å². The molecular weight excluding hydrogens is 496 g/mol. The lowest BCUT2D eigenvalue weighted by Crippen LogP contribution is -2.50. The first kappa shape index (κ1) is 27.5. The second-order valence-electron chi connectivity index (χ2n) is 9.73. The van der Waals surface area contributed by atoms with Gasteiger partial charge in [0.25, 0.3) is 10.0 Å². The molecule has 0 radical (unpaired) electrons. The third kappa shape index (κ3) is 7.07. The Morgan fingerprint density at radius 1 is 1.19 bits per heavy atom. The van der Waals surface area contributed by atoms with Crippen LogP contribution in [0.25, 0.3) is 0 Å². The van der Waals surface area contributed by atoms with Crippen molar-refractivity contribution in [1.29, 1.82) is 0 Å². The molecule has 1 aliphatic carbocycles. The average Bonchev–Trinajstić information content (AvgIpc) is 3.55. The van der Waals surface area contributed by atoms with Gasteiger partial charge in [0, 0.05) is 13.1 Å². The van der Waals surface area contributed by atoms with Gasteiger partial charge in [-0.2, -0.15) is 0 Å². The molecule has 0 aromatic heterocycles. The number of likely N-dealkylation sites (N-methyl/N-ethyl adjacent to an activating group) is 1. The molecule has 2 aromatic rings. The highest BCUT2D eigenvalue weighted by molar-refractivity contribution is 7.89. The van der Waals surface area contributed by atoms with Crippen LogP contribution in [0.1, 0.15) is 43.0 Å². The van der Waals surface area contributed by atoms with Gasteiger partial charge in [-0.1, -0.05) is 59.8 Å². The molecular formula is C26H36N4O6S. The summed E-state index contributed by atoms with van der Waals surface area (Å²) in [5.41, 5.74) is 1.63. The van der Waals surface area contributed by atoms with Crippen molar-refractivity contribution >= 4 is 16.1 Å². The number of carboxylic acid groups (broad SMARTS) is 1. The molecule has 1 heterocycles. The summed E-state index contributed by atoms with van der Waals surface area (Å²) >= 11 is 0. The van der Waals surface area contributed by atoms with Gasteiger partial charge in [0.05, 0.1) is 35.9 Å². The SMILES string of the molecule is CN1CCNC1c1cccc(S(=O)(=O)N(C[C@@H](O)[C@H](Cc2ccccc2)NC(=O)O)OC2CCCC2)c1. The van der Waals surface area contributed by atoms with Crippen LogP contribution >= 0.6 is 0 Å². The first-order valence-corrected chi connectivity index (χ1v) is 14.1. The van der Waals surface area contributed by atoms with E-state index in [4.69, 9.17) is 4.84 Å². The monoisotopic (exact) mass is 532 g/mol. The molecule has 1 amide bonds. The molecule has 2 aromatic carbocycles. The number of aliphatic hydroxyl groups excluding tert-OH is 1. The van der Waals surface area contributed by atoms with Crippen molar-refractivity contribution in [3.63, 3.8) is 0 Å². The summed E-state index contributed by atoms with van der Waals surface area (Å²) in [5.74, 6) is 0. The summed E-state index contributed by atoms with van der Waals surface area (Å²) in [5, 5.41) is 26.2. The molecule has 4 rings (SSSR count). The lowest BCUT2D eigenvalue weighted by molar-refractivity contribution is -0.145. The molecule has 11 heteroatoms. The number of carbonyl (C=O) groups is 1. The zero-order valence-electron chi connectivity index (χ0n) is 21.0. The molecule has 1 unspecified atom stereocenters. The first-order chi connectivity index (χ1) is 17.7. The van der Waals surface area contributed by atoms with Crippen LogP contribution in [-0.2, 0) is 21.3 Å². The number of hydroxylamine groups is 1. The van der Waals surface area contributed by atoms with Gasteiger partial charge >= 0.3 is 6.09 Å². The van der Waals surface area contributed by atoms with Crippen LogP contribution in [0, 0.1) is 0 Å². The van der Waals surface area contributed by atoms with Crippen LogP contribution < -0.4 is 10.6 Å². The molecule has 0 spiro atoms. The van der Waals surface area contributed by atoms with Crippen molar-refractivity contribution in [2.75, 3.05) is 26.7 Å². The first-order valence-electron chi connectivity index (χ1n) is 12.7. The fraction of sp³-hybridized carbons (Fsp3) is 0.500. The topological polar surface area (TPSA) is 131 Å². The third-order valence-electron chi connectivity index (χ3n) is 6.96. The standard InChI is InChI=1S/C26H36N4O6S/c1-29-15-14-27-25(29)20-10-7-13-22(17-20)37(34,35)30(36-21-11-5-6-12-21)18-24(31)23(28-26(32)33)16-19-8-3-2-4-9-19/h2-4,7-10,13,17,21,23-25,27-28,31H,5-6,11-12,14-16,18H2,1H3,(H,32,33)/t23-,24+,25?/m0/s1.